The fourth-order valence-electron chi connectivity index (χ4n) is 2.05. The molecule has 0 aliphatic carbocycles. The van der Waals surface area contributed by atoms with E-state index in [4.69, 9.17) is 17.0 Å². The number of methoxy groups -OCH3 is 1. The highest BCUT2D eigenvalue weighted by atomic mass is 32.1. The Bertz CT molecular complexity index is 658. The minimum Gasteiger partial charge on any atom is -0.383 e. The number of para-hydroxylation sites is 1. The van der Waals surface area contributed by atoms with E-state index >= 15 is 0 Å². The van der Waals surface area contributed by atoms with E-state index in [-0.39, 0.29) is 6.04 Å². The molecule has 0 saturated carbocycles. The van der Waals surface area contributed by atoms with Crippen molar-refractivity contribution in [2.75, 3.05) is 19.0 Å². The number of benzene rings is 2. The molecule has 0 aliphatic rings. The van der Waals surface area contributed by atoms with Gasteiger partial charge in [0, 0.05) is 24.5 Å². The highest BCUT2D eigenvalue weighted by Gasteiger charge is 2.01. The van der Waals surface area contributed by atoms with Gasteiger partial charge in [0.1, 0.15) is 0 Å². The van der Waals surface area contributed by atoms with Crippen molar-refractivity contribution in [2.45, 2.75) is 13.0 Å². The number of hydrazone groups is 1. The molecule has 6 heteroatoms. The van der Waals surface area contributed by atoms with E-state index < -0.39 is 0 Å². The van der Waals surface area contributed by atoms with Gasteiger partial charge in [-0.1, -0.05) is 30.3 Å². The van der Waals surface area contributed by atoms with E-state index in [9.17, 15) is 0 Å². The van der Waals surface area contributed by atoms with Crippen molar-refractivity contribution in [2.24, 2.45) is 5.10 Å². The maximum Gasteiger partial charge on any atom is 0.187 e. The zero-order chi connectivity index (χ0) is 17.2. The summed E-state index contributed by atoms with van der Waals surface area (Å²) in [6.07, 6.45) is 1.72. The van der Waals surface area contributed by atoms with Crippen LogP contribution >= 0.6 is 12.2 Å². The zero-order valence-electron chi connectivity index (χ0n) is 13.8. The molecular weight excluding hydrogens is 320 g/mol. The van der Waals surface area contributed by atoms with E-state index in [1.807, 2.05) is 61.5 Å². The van der Waals surface area contributed by atoms with Crippen LogP contribution in [-0.4, -0.2) is 31.1 Å². The minimum atomic E-state index is 0.133. The Morgan fingerprint density at radius 2 is 1.79 bits per heavy atom. The summed E-state index contributed by atoms with van der Waals surface area (Å²) in [5, 5.41) is 11.0. The Morgan fingerprint density at radius 1 is 1.12 bits per heavy atom. The maximum absolute atomic E-state index is 5.15. The third-order valence-corrected chi connectivity index (χ3v) is 3.36. The number of hydrogen-bond donors (Lipinski definition) is 3. The number of hydrogen-bond acceptors (Lipinski definition) is 4. The number of thiocarbonyl (C=S) groups is 1. The smallest absolute Gasteiger partial charge is 0.187 e. The summed E-state index contributed by atoms with van der Waals surface area (Å²) in [6.45, 7) is 2.57. The van der Waals surface area contributed by atoms with E-state index in [2.05, 4.69) is 21.2 Å². The van der Waals surface area contributed by atoms with Gasteiger partial charge in [-0.2, -0.15) is 5.10 Å². The van der Waals surface area contributed by atoms with Crippen LogP contribution in [0.1, 0.15) is 12.5 Å². The Kier molecular flexibility index (Phi) is 7.20. The summed E-state index contributed by atoms with van der Waals surface area (Å²) < 4.78 is 5.04. The first-order valence-electron chi connectivity index (χ1n) is 7.68. The molecule has 3 N–H and O–H groups in total. The average Bonchev–Trinajstić information content (AvgIpc) is 2.57. The van der Waals surface area contributed by atoms with Crippen molar-refractivity contribution in [3.05, 3.63) is 60.2 Å². The first-order valence-corrected chi connectivity index (χ1v) is 8.09. The standard InChI is InChI=1S/C18H22N4OS/c1-14(13-23-2)20-18(24)22-19-12-15-8-10-17(11-9-15)21-16-6-4-3-5-7-16/h3-12,14,21H,13H2,1-2H3,(H2,20,22,24)/b19-12-/t14-/m0/s1. The first kappa shape index (κ1) is 17.9. The van der Waals surface area contributed by atoms with Gasteiger partial charge in [0.05, 0.1) is 12.8 Å². The SMILES string of the molecule is COC[C@H](C)NC(=S)N/N=C\c1ccc(Nc2ccccc2)cc1. The third-order valence-electron chi connectivity index (χ3n) is 3.15. The van der Waals surface area contributed by atoms with E-state index in [1.54, 1.807) is 13.3 Å². The van der Waals surface area contributed by atoms with Crippen LogP contribution in [0.4, 0.5) is 11.4 Å². The summed E-state index contributed by atoms with van der Waals surface area (Å²) in [5.41, 5.74) is 5.86. The van der Waals surface area contributed by atoms with Crippen LogP contribution in [0.2, 0.25) is 0 Å². The van der Waals surface area contributed by atoms with Gasteiger partial charge in [-0.05, 0) is 49.0 Å². The lowest BCUT2D eigenvalue weighted by Crippen LogP contribution is -2.40. The molecule has 0 aliphatic heterocycles. The van der Waals surface area contributed by atoms with Crippen LogP contribution in [0.5, 0.6) is 0 Å². The predicted octanol–water partition coefficient (Wildman–Crippen LogP) is 3.26. The second-order valence-corrected chi connectivity index (χ2v) is 5.72. The van der Waals surface area contributed by atoms with E-state index in [0.29, 0.717) is 11.7 Å². The van der Waals surface area contributed by atoms with Crippen molar-refractivity contribution in [3.63, 3.8) is 0 Å². The molecule has 0 radical (unpaired) electrons. The molecule has 2 rings (SSSR count). The summed E-state index contributed by atoms with van der Waals surface area (Å²) >= 11 is 5.15. The fraction of sp³-hybridized carbons (Fsp3) is 0.222. The summed E-state index contributed by atoms with van der Waals surface area (Å²) in [4.78, 5) is 0. The quantitative estimate of drug-likeness (QED) is 0.410. The highest BCUT2D eigenvalue weighted by Crippen LogP contribution is 2.15. The lowest BCUT2D eigenvalue weighted by atomic mass is 10.2. The van der Waals surface area contributed by atoms with Gasteiger partial charge in [-0.15, -0.1) is 0 Å². The summed E-state index contributed by atoms with van der Waals surface area (Å²) in [6, 6.07) is 18.2. The van der Waals surface area contributed by atoms with Crippen LogP contribution in [0, 0.1) is 0 Å². The zero-order valence-corrected chi connectivity index (χ0v) is 14.6. The monoisotopic (exact) mass is 342 g/mol. The Morgan fingerprint density at radius 3 is 2.46 bits per heavy atom. The Hall–Kier alpha value is -2.44. The first-order chi connectivity index (χ1) is 11.7. The van der Waals surface area contributed by atoms with Crippen molar-refractivity contribution < 1.29 is 4.74 Å². The molecule has 126 valence electrons. The van der Waals surface area contributed by atoms with Crippen molar-refractivity contribution in [1.82, 2.24) is 10.7 Å². The average molecular weight is 342 g/mol. The normalized spacial score (nSPS) is 11.9. The molecule has 1 atom stereocenters. The molecule has 5 nitrogen and oxygen atoms in total. The molecule has 24 heavy (non-hydrogen) atoms. The Balaban J connectivity index is 1.82. The number of anilines is 2. The van der Waals surface area contributed by atoms with Crippen LogP contribution < -0.4 is 16.1 Å². The molecule has 0 saturated heterocycles. The highest BCUT2D eigenvalue weighted by molar-refractivity contribution is 7.80. The summed E-state index contributed by atoms with van der Waals surface area (Å²) in [5.74, 6) is 0. The van der Waals surface area contributed by atoms with Crippen LogP contribution in [0.3, 0.4) is 0 Å². The topological polar surface area (TPSA) is 57.7 Å². The van der Waals surface area contributed by atoms with Crippen LogP contribution in [-0.2, 0) is 4.74 Å². The van der Waals surface area contributed by atoms with Crippen molar-refractivity contribution >= 4 is 34.9 Å². The van der Waals surface area contributed by atoms with Crippen LogP contribution in [0.25, 0.3) is 0 Å². The third kappa shape index (κ3) is 6.36. The van der Waals surface area contributed by atoms with E-state index in [1.165, 1.54) is 0 Å². The molecule has 2 aromatic carbocycles. The van der Waals surface area contributed by atoms with Gasteiger partial charge >= 0.3 is 0 Å². The van der Waals surface area contributed by atoms with Gasteiger partial charge in [0.25, 0.3) is 0 Å². The summed E-state index contributed by atoms with van der Waals surface area (Å²) in [7, 11) is 1.66. The molecule has 0 fully saturated rings. The molecule has 0 bridgehead atoms. The number of nitrogens with one attached hydrogen (secondary N) is 3. The van der Waals surface area contributed by atoms with E-state index in [0.717, 1.165) is 16.9 Å². The molecule has 2 aromatic rings. The minimum absolute atomic E-state index is 0.133. The molecule has 0 aromatic heterocycles. The molecule has 0 heterocycles. The van der Waals surface area contributed by atoms with Crippen molar-refractivity contribution in [1.29, 1.82) is 0 Å². The van der Waals surface area contributed by atoms with Crippen LogP contribution in [0.15, 0.2) is 59.7 Å². The molecule has 0 unspecified atom stereocenters. The Labute approximate surface area is 148 Å². The lowest BCUT2D eigenvalue weighted by Gasteiger charge is -2.13. The fourth-order valence-corrected chi connectivity index (χ4v) is 2.31. The molecule has 0 amide bonds. The second-order valence-electron chi connectivity index (χ2n) is 5.31. The maximum atomic E-state index is 5.15. The second kappa shape index (κ2) is 9.64. The lowest BCUT2D eigenvalue weighted by molar-refractivity contribution is 0.179. The largest absolute Gasteiger partial charge is 0.383 e. The number of nitrogens with zero attached hydrogens (tertiary/aromatic N) is 1. The molecular formula is C18H22N4OS. The van der Waals surface area contributed by atoms with Gasteiger partial charge in [-0.25, -0.2) is 0 Å². The predicted molar refractivity (Wildman–Crippen MR) is 104 cm³/mol. The van der Waals surface area contributed by atoms with Gasteiger partial charge < -0.3 is 15.4 Å². The van der Waals surface area contributed by atoms with Crippen molar-refractivity contribution in [3.8, 4) is 0 Å². The van der Waals surface area contributed by atoms with Gasteiger partial charge in [0.2, 0.25) is 0 Å². The van der Waals surface area contributed by atoms with Gasteiger partial charge in [0.15, 0.2) is 5.11 Å². The number of rotatable bonds is 7. The number of ether oxygens (including phenoxy) is 1. The molecule has 0 spiro atoms. The van der Waals surface area contributed by atoms with Gasteiger partial charge in [-0.3, -0.25) is 5.43 Å².